The van der Waals surface area contributed by atoms with E-state index in [-0.39, 0.29) is 24.2 Å². The molecule has 106 valence electrons. The lowest BCUT2D eigenvalue weighted by Gasteiger charge is -2.04. The molecular weight excluding hydrogens is 280 g/mol. The predicted octanol–water partition coefficient (Wildman–Crippen LogP) is 1.55. The first-order valence-corrected chi connectivity index (χ1v) is 6.86. The quantitative estimate of drug-likeness (QED) is 0.872. The van der Waals surface area contributed by atoms with E-state index in [2.05, 4.69) is 15.4 Å². The number of hydrogen-bond donors (Lipinski definition) is 2. The SMILES string of the molecule is CC(C)n1ccc(C(=O)NCc2nc(C(=O)O)cs2)n1. The Kier molecular flexibility index (Phi) is 4.14. The third-order valence-electron chi connectivity index (χ3n) is 2.54. The Balaban J connectivity index is 1.95. The Bertz CT molecular complexity index is 632. The lowest BCUT2D eigenvalue weighted by Crippen LogP contribution is -2.23. The normalized spacial score (nSPS) is 10.8. The van der Waals surface area contributed by atoms with E-state index in [1.165, 1.54) is 16.7 Å². The number of carboxylic acids is 1. The van der Waals surface area contributed by atoms with Crippen molar-refractivity contribution in [1.82, 2.24) is 20.1 Å². The van der Waals surface area contributed by atoms with Gasteiger partial charge in [0.15, 0.2) is 5.69 Å². The van der Waals surface area contributed by atoms with Gasteiger partial charge >= 0.3 is 5.97 Å². The predicted molar refractivity (Wildman–Crippen MR) is 72.9 cm³/mol. The number of carboxylic acid groups (broad SMARTS) is 1. The lowest BCUT2D eigenvalue weighted by atomic mass is 10.4. The number of aromatic carboxylic acids is 1. The van der Waals surface area contributed by atoms with Crippen LogP contribution in [0.5, 0.6) is 0 Å². The maximum atomic E-state index is 11.9. The third-order valence-corrected chi connectivity index (χ3v) is 3.39. The molecule has 2 rings (SSSR count). The highest BCUT2D eigenvalue weighted by atomic mass is 32.1. The van der Waals surface area contributed by atoms with E-state index in [0.29, 0.717) is 10.7 Å². The molecule has 0 aromatic carbocycles. The molecule has 0 aliphatic rings. The molecule has 0 saturated heterocycles. The van der Waals surface area contributed by atoms with E-state index in [0.717, 1.165) is 0 Å². The van der Waals surface area contributed by atoms with E-state index in [1.807, 2.05) is 13.8 Å². The Morgan fingerprint density at radius 2 is 2.20 bits per heavy atom. The molecule has 0 radical (unpaired) electrons. The van der Waals surface area contributed by atoms with E-state index >= 15 is 0 Å². The Morgan fingerprint density at radius 3 is 2.75 bits per heavy atom. The fourth-order valence-electron chi connectivity index (χ4n) is 1.48. The van der Waals surface area contributed by atoms with Gasteiger partial charge in [-0.15, -0.1) is 11.3 Å². The smallest absolute Gasteiger partial charge is 0.355 e. The largest absolute Gasteiger partial charge is 0.476 e. The minimum atomic E-state index is -1.07. The fraction of sp³-hybridized carbons (Fsp3) is 0.333. The Hall–Kier alpha value is -2.22. The molecule has 0 atom stereocenters. The lowest BCUT2D eigenvalue weighted by molar-refractivity contribution is 0.0691. The summed E-state index contributed by atoms with van der Waals surface area (Å²) < 4.78 is 1.70. The zero-order valence-electron chi connectivity index (χ0n) is 11.0. The van der Waals surface area contributed by atoms with Crippen LogP contribution in [-0.4, -0.2) is 31.7 Å². The molecule has 8 heteroatoms. The van der Waals surface area contributed by atoms with Gasteiger partial charge in [0.25, 0.3) is 5.91 Å². The molecule has 0 aliphatic carbocycles. The zero-order valence-corrected chi connectivity index (χ0v) is 11.8. The summed E-state index contributed by atoms with van der Waals surface area (Å²) in [4.78, 5) is 26.4. The molecule has 2 N–H and O–H groups in total. The fourth-order valence-corrected chi connectivity index (χ4v) is 2.19. The molecule has 2 heterocycles. The van der Waals surface area contributed by atoms with Crippen molar-refractivity contribution in [3.05, 3.63) is 34.0 Å². The summed E-state index contributed by atoms with van der Waals surface area (Å²) in [5.41, 5.74) is 0.317. The molecule has 2 aromatic heterocycles. The van der Waals surface area contributed by atoms with Gasteiger partial charge in [-0.3, -0.25) is 9.48 Å². The highest BCUT2D eigenvalue weighted by molar-refractivity contribution is 7.09. The van der Waals surface area contributed by atoms with Crippen LogP contribution in [0.25, 0.3) is 0 Å². The molecule has 0 unspecified atom stereocenters. The highest BCUT2D eigenvalue weighted by Gasteiger charge is 2.12. The summed E-state index contributed by atoms with van der Waals surface area (Å²) >= 11 is 1.19. The van der Waals surface area contributed by atoms with Crippen LogP contribution in [0, 0.1) is 0 Å². The van der Waals surface area contributed by atoms with Gasteiger partial charge in [0.1, 0.15) is 10.7 Å². The van der Waals surface area contributed by atoms with E-state index in [9.17, 15) is 9.59 Å². The van der Waals surface area contributed by atoms with Crippen LogP contribution in [0.4, 0.5) is 0 Å². The van der Waals surface area contributed by atoms with Crippen molar-refractivity contribution in [1.29, 1.82) is 0 Å². The Labute approximate surface area is 119 Å². The van der Waals surface area contributed by atoms with Crippen molar-refractivity contribution in [2.75, 3.05) is 0 Å². The Morgan fingerprint density at radius 1 is 1.45 bits per heavy atom. The van der Waals surface area contributed by atoms with Gasteiger partial charge in [0.2, 0.25) is 0 Å². The molecule has 0 saturated carbocycles. The minimum absolute atomic E-state index is 0.0108. The van der Waals surface area contributed by atoms with Crippen LogP contribution < -0.4 is 5.32 Å². The van der Waals surface area contributed by atoms with Crippen LogP contribution >= 0.6 is 11.3 Å². The number of nitrogens with one attached hydrogen (secondary N) is 1. The van der Waals surface area contributed by atoms with Crippen molar-refractivity contribution in [3.8, 4) is 0 Å². The maximum absolute atomic E-state index is 11.9. The second-order valence-corrected chi connectivity index (χ2v) is 5.33. The van der Waals surface area contributed by atoms with Crippen LogP contribution in [-0.2, 0) is 6.54 Å². The van der Waals surface area contributed by atoms with Crippen molar-refractivity contribution in [2.24, 2.45) is 0 Å². The molecule has 20 heavy (non-hydrogen) atoms. The summed E-state index contributed by atoms with van der Waals surface area (Å²) in [6.45, 7) is 4.13. The number of thiazole rings is 1. The molecule has 2 aromatic rings. The molecular formula is C12H14N4O3S. The van der Waals surface area contributed by atoms with Crippen molar-refractivity contribution < 1.29 is 14.7 Å². The zero-order chi connectivity index (χ0) is 14.7. The van der Waals surface area contributed by atoms with Gasteiger partial charge in [-0.1, -0.05) is 0 Å². The third kappa shape index (κ3) is 3.21. The first-order chi connectivity index (χ1) is 9.47. The average Bonchev–Trinajstić information content (AvgIpc) is 3.05. The summed E-state index contributed by atoms with van der Waals surface area (Å²) in [5, 5.41) is 17.5. The van der Waals surface area contributed by atoms with E-state index in [1.54, 1.807) is 16.9 Å². The molecule has 1 amide bonds. The van der Waals surface area contributed by atoms with E-state index in [4.69, 9.17) is 5.11 Å². The van der Waals surface area contributed by atoms with Crippen LogP contribution in [0.3, 0.4) is 0 Å². The van der Waals surface area contributed by atoms with Gasteiger partial charge in [-0.25, -0.2) is 9.78 Å². The summed E-state index contributed by atoms with van der Waals surface area (Å²) in [5.74, 6) is -1.38. The minimum Gasteiger partial charge on any atom is -0.476 e. The first-order valence-electron chi connectivity index (χ1n) is 5.98. The van der Waals surface area contributed by atoms with E-state index < -0.39 is 5.97 Å². The van der Waals surface area contributed by atoms with Crippen molar-refractivity contribution in [3.63, 3.8) is 0 Å². The van der Waals surface area contributed by atoms with Crippen LogP contribution in [0.1, 0.15) is 45.9 Å². The van der Waals surface area contributed by atoms with Gasteiger partial charge in [-0.2, -0.15) is 5.10 Å². The topological polar surface area (TPSA) is 97.1 Å². The molecule has 0 aliphatic heterocycles. The van der Waals surface area contributed by atoms with Crippen molar-refractivity contribution in [2.45, 2.75) is 26.4 Å². The molecule has 0 fully saturated rings. The monoisotopic (exact) mass is 294 g/mol. The number of carbonyl (C=O) groups excluding carboxylic acids is 1. The second-order valence-electron chi connectivity index (χ2n) is 4.39. The average molecular weight is 294 g/mol. The van der Waals surface area contributed by atoms with Crippen LogP contribution in [0.2, 0.25) is 0 Å². The summed E-state index contributed by atoms with van der Waals surface area (Å²) in [7, 11) is 0. The number of hydrogen-bond acceptors (Lipinski definition) is 5. The summed E-state index contributed by atoms with van der Waals surface area (Å²) in [6.07, 6.45) is 1.74. The number of rotatable bonds is 5. The number of nitrogens with zero attached hydrogens (tertiary/aromatic N) is 3. The standard InChI is InChI=1S/C12H14N4O3S/c1-7(2)16-4-3-8(15-16)11(17)13-5-10-14-9(6-20-10)12(18)19/h3-4,6-7H,5H2,1-2H3,(H,13,17)(H,18,19). The second kappa shape index (κ2) is 5.83. The van der Waals surface area contributed by atoms with Gasteiger partial charge in [-0.05, 0) is 19.9 Å². The molecule has 7 nitrogen and oxygen atoms in total. The van der Waals surface area contributed by atoms with Gasteiger partial charge in [0.05, 0.1) is 6.54 Å². The highest BCUT2D eigenvalue weighted by Crippen LogP contribution is 2.10. The maximum Gasteiger partial charge on any atom is 0.355 e. The number of carbonyl (C=O) groups is 2. The summed E-state index contributed by atoms with van der Waals surface area (Å²) in [6, 6.07) is 1.83. The van der Waals surface area contributed by atoms with Crippen LogP contribution in [0.15, 0.2) is 17.6 Å². The molecule has 0 spiro atoms. The van der Waals surface area contributed by atoms with Gasteiger partial charge < -0.3 is 10.4 Å². The van der Waals surface area contributed by atoms with Gasteiger partial charge in [0, 0.05) is 17.6 Å². The first kappa shape index (κ1) is 14.2. The van der Waals surface area contributed by atoms with Crippen molar-refractivity contribution >= 4 is 23.2 Å². The molecule has 0 bridgehead atoms. The number of aromatic nitrogens is 3. The number of amides is 1.